The van der Waals surface area contributed by atoms with E-state index in [0.29, 0.717) is 6.54 Å². The van der Waals surface area contributed by atoms with E-state index in [1.54, 1.807) is 6.20 Å². The summed E-state index contributed by atoms with van der Waals surface area (Å²) in [6.45, 7) is 8.53. The average Bonchev–Trinajstić information content (AvgIpc) is 2.64. The van der Waals surface area contributed by atoms with Crippen LogP contribution in [0.1, 0.15) is 45.0 Å². The fourth-order valence-electron chi connectivity index (χ4n) is 2.02. The molecule has 2 heterocycles. The van der Waals surface area contributed by atoms with Crippen molar-refractivity contribution in [1.82, 2.24) is 4.98 Å². The van der Waals surface area contributed by atoms with E-state index in [1.165, 1.54) is 0 Å². The van der Waals surface area contributed by atoms with Gasteiger partial charge in [-0.15, -0.1) is 0 Å². The number of hydrogen-bond acceptors (Lipinski definition) is 5. The quantitative estimate of drug-likeness (QED) is 0.824. The maximum atomic E-state index is 5.89. The first kappa shape index (κ1) is 16.2. The summed E-state index contributed by atoms with van der Waals surface area (Å²) in [6.07, 6.45) is 3.64. The van der Waals surface area contributed by atoms with Gasteiger partial charge in [0.25, 0.3) is 0 Å². The molecule has 4 N–H and O–H groups in total. The highest BCUT2D eigenvalue weighted by atomic mass is 16.7. The van der Waals surface area contributed by atoms with Crippen LogP contribution < -0.4 is 11.5 Å². The van der Waals surface area contributed by atoms with Gasteiger partial charge < -0.3 is 20.8 Å². The second-order valence-electron chi connectivity index (χ2n) is 6.34. The van der Waals surface area contributed by atoms with Crippen LogP contribution in [0.3, 0.4) is 0 Å². The van der Waals surface area contributed by atoms with Crippen LogP contribution in [0.2, 0.25) is 0 Å². The van der Waals surface area contributed by atoms with Crippen LogP contribution in [0.25, 0.3) is 6.08 Å². The first-order valence-electron chi connectivity index (χ1n) is 7.20. The van der Waals surface area contributed by atoms with E-state index in [1.807, 2.05) is 51.9 Å². The fraction of sp³-hybridized carbons (Fsp3) is 0.533. The van der Waals surface area contributed by atoms with Crippen molar-refractivity contribution in [2.24, 2.45) is 11.5 Å². The lowest BCUT2D eigenvalue weighted by atomic mass is 9.89. The number of hydrogen-bond donors (Lipinski definition) is 2. The van der Waals surface area contributed by atoms with Gasteiger partial charge in [-0.2, -0.15) is 0 Å². The van der Waals surface area contributed by atoms with E-state index in [-0.39, 0.29) is 24.4 Å². The minimum atomic E-state index is -0.359. The molecule has 0 unspecified atom stereocenters. The van der Waals surface area contributed by atoms with E-state index in [9.17, 15) is 0 Å². The third kappa shape index (κ3) is 3.52. The molecule has 0 aliphatic carbocycles. The van der Waals surface area contributed by atoms with Crippen molar-refractivity contribution in [3.63, 3.8) is 0 Å². The lowest BCUT2D eigenvalue weighted by molar-refractivity contribution is 0.00578. The lowest BCUT2D eigenvalue weighted by Crippen LogP contribution is -2.41. The van der Waals surface area contributed by atoms with Crippen LogP contribution in [0.4, 0.5) is 0 Å². The molecule has 0 aromatic carbocycles. The summed E-state index contributed by atoms with van der Waals surface area (Å²) in [4.78, 5) is 4.35. The van der Waals surface area contributed by atoms with Gasteiger partial charge in [-0.25, -0.2) is 0 Å². The minimum Gasteiger partial charge on any atom is -0.400 e. The van der Waals surface area contributed by atoms with Crippen molar-refractivity contribution < 1.29 is 9.31 Å². The molecular formula is C15H24BN3O2. The third-order valence-electron chi connectivity index (χ3n) is 4.19. The van der Waals surface area contributed by atoms with Gasteiger partial charge in [0.2, 0.25) is 0 Å². The van der Waals surface area contributed by atoms with Crippen molar-refractivity contribution in [3.05, 3.63) is 35.6 Å². The molecule has 0 amide bonds. The molecule has 0 spiro atoms. The Balaban J connectivity index is 2.03. The second-order valence-corrected chi connectivity index (χ2v) is 6.34. The van der Waals surface area contributed by atoms with Crippen LogP contribution in [-0.4, -0.2) is 29.8 Å². The zero-order chi connectivity index (χ0) is 15.7. The predicted molar refractivity (Wildman–Crippen MR) is 85.3 cm³/mol. The lowest BCUT2D eigenvalue weighted by Gasteiger charge is -2.32. The molecule has 0 radical (unpaired) electrons. The summed E-state index contributed by atoms with van der Waals surface area (Å²) in [5.74, 6) is 1.88. The summed E-state index contributed by atoms with van der Waals surface area (Å²) >= 11 is 0. The average molecular weight is 289 g/mol. The molecule has 5 nitrogen and oxygen atoms in total. The number of rotatable bonds is 4. The SMILES string of the molecule is CC1(C)OB(/C=C/c2ccc([C@H](N)CN)cn2)OC1(C)C. The Labute approximate surface area is 126 Å². The van der Waals surface area contributed by atoms with Crippen LogP contribution in [0.5, 0.6) is 0 Å². The predicted octanol–water partition coefficient (Wildman–Crippen LogP) is 1.68. The Morgan fingerprint density at radius 2 is 1.86 bits per heavy atom. The molecule has 0 bridgehead atoms. The van der Waals surface area contributed by atoms with Gasteiger partial charge in [0.15, 0.2) is 0 Å². The largest absolute Gasteiger partial charge is 0.487 e. The maximum absolute atomic E-state index is 5.89. The Morgan fingerprint density at radius 3 is 2.33 bits per heavy atom. The molecule has 114 valence electrons. The Hall–Kier alpha value is -1.21. The van der Waals surface area contributed by atoms with Crippen molar-refractivity contribution in [1.29, 1.82) is 0 Å². The topological polar surface area (TPSA) is 83.4 Å². The molecule has 6 heteroatoms. The van der Waals surface area contributed by atoms with Crippen LogP contribution in [-0.2, 0) is 9.31 Å². The third-order valence-corrected chi connectivity index (χ3v) is 4.19. The van der Waals surface area contributed by atoms with Gasteiger partial charge in [-0.1, -0.05) is 12.0 Å². The van der Waals surface area contributed by atoms with Gasteiger partial charge in [-0.3, -0.25) is 4.98 Å². The summed E-state index contributed by atoms with van der Waals surface area (Å²) in [5, 5.41) is 0. The normalized spacial score (nSPS) is 21.9. The zero-order valence-corrected chi connectivity index (χ0v) is 13.2. The molecule has 0 saturated carbocycles. The highest BCUT2D eigenvalue weighted by molar-refractivity contribution is 6.52. The first-order valence-corrected chi connectivity index (χ1v) is 7.20. The molecule has 1 atom stereocenters. The highest BCUT2D eigenvalue weighted by Gasteiger charge is 2.49. The molecule has 1 saturated heterocycles. The Kier molecular flexibility index (Phi) is 4.53. The van der Waals surface area contributed by atoms with Gasteiger partial charge in [0.05, 0.1) is 16.9 Å². The standard InChI is InChI=1S/C15H24BN3O2/c1-14(2)15(3,4)21-16(20-14)8-7-12-6-5-11(10-19-12)13(18)9-17/h5-8,10,13H,9,17-18H2,1-4H3/b8-7+/t13-/m1/s1. The smallest absolute Gasteiger partial charge is 0.400 e. The van der Waals surface area contributed by atoms with Crippen LogP contribution in [0.15, 0.2) is 24.3 Å². The zero-order valence-electron chi connectivity index (χ0n) is 13.2. The second kappa shape index (κ2) is 5.89. The monoisotopic (exact) mass is 289 g/mol. The molecule has 1 aromatic rings. The van der Waals surface area contributed by atoms with Crippen LogP contribution in [0, 0.1) is 0 Å². The number of nitrogens with zero attached hydrogens (tertiary/aromatic N) is 1. The molecule has 2 rings (SSSR count). The van der Waals surface area contributed by atoms with Crippen LogP contribution >= 0.6 is 0 Å². The molecule has 1 fully saturated rings. The van der Waals surface area contributed by atoms with Gasteiger partial charge >= 0.3 is 7.12 Å². The van der Waals surface area contributed by atoms with Gasteiger partial charge in [0.1, 0.15) is 0 Å². The van der Waals surface area contributed by atoms with E-state index < -0.39 is 0 Å². The summed E-state index contributed by atoms with van der Waals surface area (Å²) in [5.41, 5.74) is 12.5. The Bertz CT molecular complexity index is 498. The number of nitrogens with two attached hydrogens (primary N) is 2. The molecule has 21 heavy (non-hydrogen) atoms. The Morgan fingerprint density at radius 1 is 1.24 bits per heavy atom. The number of pyridine rings is 1. The van der Waals surface area contributed by atoms with Gasteiger partial charge in [0, 0.05) is 18.8 Å². The number of aromatic nitrogens is 1. The van der Waals surface area contributed by atoms with Crippen molar-refractivity contribution in [2.45, 2.75) is 44.9 Å². The molecular weight excluding hydrogens is 265 g/mol. The van der Waals surface area contributed by atoms with Crippen molar-refractivity contribution >= 4 is 13.2 Å². The van der Waals surface area contributed by atoms with E-state index in [0.717, 1.165) is 11.3 Å². The molecule has 1 aliphatic heterocycles. The maximum Gasteiger partial charge on any atom is 0.487 e. The summed E-state index contributed by atoms with van der Waals surface area (Å²) in [6, 6.07) is 3.68. The fourth-order valence-corrected chi connectivity index (χ4v) is 2.02. The van der Waals surface area contributed by atoms with Crippen molar-refractivity contribution in [3.8, 4) is 0 Å². The van der Waals surface area contributed by atoms with Crippen molar-refractivity contribution in [2.75, 3.05) is 6.54 Å². The summed E-state index contributed by atoms with van der Waals surface area (Å²) in [7, 11) is -0.359. The van der Waals surface area contributed by atoms with Gasteiger partial charge in [-0.05, 0) is 45.4 Å². The minimum absolute atomic E-state index is 0.168. The van der Waals surface area contributed by atoms with E-state index in [4.69, 9.17) is 20.8 Å². The molecule has 1 aromatic heterocycles. The van der Waals surface area contributed by atoms with E-state index in [2.05, 4.69) is 4.98 Å². The molecule has 1 aliphatic rings. The highest BCUT2D eigenvalue weighted by Crippen LogP contribution is 2.36. The first-order chi connectivity index (χ1) is 9.75. The van der Waals surface area contributed by atoms with E-state index >= 15 is 0 Å². The summed E-state index contributed by atoms with van der Waals surface area (Å²) < 4.78 is 11.8.